The van der Waals surface area contributed by atoms with Crippen LogP contribution in [0.4, 0.5) is 0 Å². The van der Waals surface area contributed by atoms with Crippen LogP contribution in [0, 0.1) is 5.92 Å². The van der Waals surface area contributed by atoms with E-state index in [-0.39, 0.29) is 5.97 Å². The van der Waals surface area contributed by atoms with Gasteiger partial charge in [-0.05, 0) is 38.7 Å². The Kier molecular flexibility index (Phi) is 3.14. The summed E-state index contributed by atoms with van der Waals surface area (Å²) in [7, 11) is 0. The lowest BCUT2D eigenvalue weighted by atomic mass is 9.83. The van der Waals surface area contributed by atoms with Crippen molar-refractivity contribution in [3.8, 4) is 0 Å². The third-order valence-corrected chi connectivity index (χ3v) is 2.64. The number of hydrogen-bond acceptors (Lipinski definition) is 2. The number of rotatable bonds is 2. The van der Waals surface area contributed by atoms with Crippen LogP contribution in [0.5, 0.6) is 0 Å². The highest BCUT2D eigenvalue weighted by Crippen LogP contribution is 2.31. The average molecular weight is 194 g/mol. The van der Waals surface area contributed by atoms with E-state index < -0.39 is 5.60 Å². The zero-order valence-corrected chi connectivity index (χ0v) is 9.17. The molecule has 0 unspecified atom stereocenters. The molecule has 78 valence electrons. The van der Waals surface area contributed by atoms with Gasteiger partial charge in [-0.15, -0.1) is 0 Å². The Morgan fingerprint density at radius 1 is 1.57 bits per heavy atom. The number of ether oxygens (including phenoxy) is 1. The highest BCUT2D eigenvalue weighted by atomic mass is 16.6. The molecule has 0 fully saturated rings. The van der Waals surface area contributed by atoms with E-state index in [0.717, 1.165) is 12.8 Å². The van der Waals surface area contributed by atoms with Crippen molar-refractivity contribution in [3.05, 3.63) is 24.3 Å². The van der Waals surface area contributed by atoms with Gasteiger partial charge in [0.2, 0.25) is 0 Å². The monoisotopic (exact) mass is 194 g/mol. The average Bonchev–Trinajstić information content (AvgIpc) is 2.02. The van der Waals surface area contributed by atoms with Crippen molar-refractivity contribution in [2.24, 2.45) is 5.92 Å². The van der Waals surface area contributed by atoms with Crippen molar-refractivity contribution < 1.29 is 9.53 Å². The first-order valence-corrected chi connectivity index (χ1v) is 4.97. The Hall–Kier alpha value is -1.05. The third kappa shape index (κ3) is 2.72. The molecule has 14 heavy (non-hydrogen) atoms. The second kappa shape index (κ2) is 3.99. The maximum absolute atomic E-state index is 10.9. The summed E-state index contributed by atoms with van der Waals surface area (Å²) in [5.74, 6) is 0.226. The molecule has 0 radical (unpaired) electrons. The minimum atomic E-state index is -0.405. The number of hydrogen-bond donors (Lipinski definition) is 0. The van der Waals surface area contributed by atoms with Gasteiger partial charge in [0.25, 0.3) is 0 Å². The summed E-state index contributed by atoms with van der Waals surface area (Å²) in [6, 6.07) is 0. The van der Waals surface area contributed by atoms with Crippen molar-refractivity contribution in [1.29, 1.82) is 0 Å². The molecule has 0 heterocycles. The van der Waals surface area contributed by atoms with Crippen molar-refractivity contribution in [1.82, 2.24) is 0 Å². The lowest BCUT2D eigenvalue weighted by molar-refractivity contribution is -0.151. The van der Waals surface area contributed by atoms with Gasteiger partial charge in [-0.2, -0.15) is 0 Å². The van der Waals surface area contributed by atoms with Gasteiger partial charge >= 0.3 is 5.97 Å². The van der Waals surface area contributed by atoms with E-state index in [2.05, 4.69) is 12.7 Å². The van der Waals surface area contributed by atoms with E-state index in [0.29, 0.717) is 5.92 Å². The highest BCUT2D eigenvalue weighted by molar-refractivity contribution is 5.66. The molecule has 0 aromatic rings. The zero-order valence-electron chi connectivity index (χ0n) is 9.17. The first-order chi connectivity index (χ1) is 6.43. The summed E-state index contributed by atoms with van der Waals surface area (Å²) in [6.07, 6.45) is 5.96. The van der Waals surface area contributed by atoms with Gasteiger partial charge in [0, 0.05) is 6.92 Å². The fraction of sp³-hybridized carbons (Fsp3) is 0.583. The summed E-state index contributed by atoms with van der Waals surface area (Å²) in [4.78, 5) is 10.9. The topological polar surface area (TPSA) is 26.3 Å². The Labute approximate surface area is 85.6 Å². The molecule has 0 spiro atoms. The SMILES string of the molecule is C=C(C)[C@H]1C=C[C@@](C)(OC(C)=O)CC1. The van der Waals surface area contributed by atoms with Crippen LogP contribution < -0.4 is 0 Å². The third-order valence-electron chi connectivity index (χ3n) is 2.64. The molecule has 0 amide bonds. The Morgan fingerprint density at radius 2 is 2.21 bits per heavy atom. The predicted molar refractivity (Wildman–Crippen MR) is 56.8 cm³/mol. The largest absolute Gasteiger partial charge is 0.455 e. The summed E-state index contributed by atoms with van der Waals surface area (Å²) in [6.45, 7) is 9.35. The van der Waals surface area contributed by atoms with E-state index >= 15 is 0 Å². The van der Waals surface area contributed by atoms with Crippen LogP contribution in [0.25, 0.3) is 0 Å². The second-order valence-electron chi connectivity index (χ2n) is 4.26. The minimum absolute atomic E-state index is 0.217. The van der Waals surface area contributed by atoms with Crippen LogP contribution in [0.15, 0.2) is 24.3 Å². The second-order valence-corrected chi connectivity index (χ2v) is 4.26. The van der Waals surface area contributed by atoms with Crippen molar-refractivity contribution >= 4 is 5.97 Å². The molecule has 2 heteroatoms. The van der Waals surface area contributed by atoms with Crippen molar-refractivity contribution in [3.63, 3.8) is 0 Å². The molecule has 1 aliphatic rings. The number of allylic oxidation sites excluding steroid dienone is 2. The van der Waals surface area contributed by atoms with Gasteiger partial charge in [-0.1, -0.05) is 18.2 Å². The standard InChI is InChI=1S/C12H18O2/c1-9(2)11-5-7-12(4,8-6-11)14-10(3)13/h5,7,11H,1,6,8H2,2-4H3/t11-,12+/m0/s1. The van der Waals surface area contributed by atoms with Crippen LogP contribution in [0.2, 0.25) is 0 Å². The van der Waals surface area contributed by atoms with Crippen LogP contribution in [-0.4, -0.2) is 11.6 Å². The summed E-state index contributed by atoms with van der Waals surface area (Å²) >= 11 is 0. The van der Waals surface area contributed by atoms with E-state index in [1.807, 2.05) is 19.9 Å². The Morgan fingerprint density at radius 3 is 2.57 bits per heavy atom. The molecule has 2 atom stereocenters. The van der Waals surface area contributed by atoms with Gasteiger partial charge < -0.3 is 4.74 Å². The number of esters is 1. The fourth-order valence-corrected chi connectivity index (χ4v) is 1.77. The first kappa shape index (κ1) is 11.0. The van der Waals surface area contributed by atoms with Crippen LogP contribution in [0.3, 0.4) is 0 Å². The molecule has 0 aromatic heterocycles. The molecule has 2 nitrogen and oxygen atoms in total. The molecule has 0 aliphatic heterocycles. The van der Waals surface area contributed by atoms with Gasteiger partial charge in [0.15, 0.2) is 0 Å². The Bertz CT molecular complexity index is 278. The van der Waals surface area contributed by atoms with E-state index in [1.54, 1.807) is 0 Å². The molecule has 0 bridgehead atoms. The molecule has 0 saturated heterocycles. The quantitative estimate of drug-likeness (QED) is 0.499. The molecule has 0 N–H and O–H groups in total. The Balaban J connectivity index is 2.66. The van der Waals surface area contributed by atoms with E-state index in [1.165, 1.54) is 12.5 Å². The maximum atomic E-state index is 10.9. The molecule has 0 aromatic carbocycles. The van der Waals surface area contributed by atoms with Gasteiger partial charge in [-0.25, -0.2) is 0 Å². The molecular formula is C12H18O2. The van der Waals surface area contributed by atoms with E-state index in [9.17, 15) is 4.79 Å². The predicted octanol–water partition coefficient (Wildman–Crippen LogP) is 2.85. The smallest absolute Gasteiger partial charge is 0.303 e. The highest BCUT2D eigenvalue weighted by Gasteiger charge is 2.29. The number of carbonyl (C=O) groups excluding carboxylic acids is 1. The lowest BCUT2D eigenvalue weighted by Crippen LogP contribution is -2.31. The first-order valence-electron chi connectivity index (χ1n) is 4.97. The van der Waals surface area contributed by atoms with Crippen molar-refractivity contribution in [2.75, 3.05) is 0 Å². The maximum Gasteiger partial charge on any atom is 0.303 e. The minimum Gasteiger partial charge on any atom is -0.455 e. The van der Waals surface area contributed by atoms with Gasteiger partial charge in [0.05, 0.1) is 0 Å². The van der Waals surface area contributed by atoms with Crippen LogP contribution in [0.1, 0.15) is 33.6 Å². The van der Waals surface area contributed by atoms with Crippen molar-refractivity contribution in [2.45, 2.75) is 39.2 Å². The number of carbonyl (C=O) groups is 1. The van der Waals surface area contributed by atoms with E-state index in [4.69, 9.17) is 4.74 Å². The molecule has 1 rings (SSSR count). The lowest BCUT2D eigenvalue weighted by Gasteiger charge is -2.31. The van der Waals surface area contributed by atoms with Gasteiger partial charge in [-0.3, -0.25) is 4.79 Å². The van der Waals surface area contributed by atoms with Crippen LogP contribution in [-0.2, 0) is 9.53 Å². The summed E-state index contributed by atoms with van der Waals surface area (Å²) in [5, 5.41) is 0. The molecule has 1 aliphatic carbocycles. The molecular weight excluding hydrogens is 176 g/mol. The summed E-state index contributed by atoms with van der Waals surface area (Å²) < 4.78 is 5.25. The fourth-order valence-electron chi connectivity index (χ4n) is 1.77. The normalized spacial score (nSPS) is 31.2. The van der Waals surface area contributed by atoms with Crippen LogP contribution >= 0.6 is 0 Å². The molecule has 0 saturated carbocycles. The zero-order chi connectivity index (χ0) is 10.8. The van der Waals surface area contributed by atoms with Gasteiger partial charge in [0.1, 0.15) is 5.60 Å². The summed E-state index contributed by atoms with van der Waals surface area (Å²) in [5.41, 5.74) is 0.767.